The molecule has 7 nitrogen and oxygen atoms in total. The average Bonchev–Trinajstić information content (AvgIpc) is 3.22. The minimum absolute atomic E-state index is 0.0735. The van der Waals surface area contributed by atoms with E-state index in [-0.39, 0.29) is 16.7 Å². The largest absolute Gasteiger partial charge is 0.494 e. The third-order valence-corrected chi connectivity index (χ3v) is 7.91. The van der Waals surface area contributed by atoms with Crippen molar-refractivity contribution in [2.24, 2.45) is 5.92 Å². The summed E-state index contributed by atoms with van der Waals surface area (Å²) in [5.74, 6) is 0.354. The van der Waals surface area contributed by atoms with Crippen LogP contribution in [0.2, 0.25) is 0 Å². The number of sulfonamides is 1. The molecule has 1 N–H and O–H groups in total. The Morgan fingerprint density at radius 2 is 1.93 bits per heavy atom. The second-order valence-electron chi connectivity index (χ2n) is 7.15. The lowest BCUT2D eigenvalue weighted by molar-refractivity contribution is -0.120. The molecule has 1 aliphatic rings. The lowest BCUT2D eigenvalue weighted by Crippen LogP contribution is -2.41. The number of nitrogens with zero attached hydrogens (tertiary/aromatic N) is 2. The standard InChI is InChI=1S/C21H23N3O4S2/c1-2-28-18-4-6-19(7-5-18)30(26,27)24-11-9-15(10-12-24)21(25)23-17-3-8-20-16(13-17)14-22-29-20/h3-8,13-15H,2,9-12H2,1H3,(H,23,25). The fourth-order valence-corrected chi connectivity index (χ4v) is 5.67. The van der Waals surface area contributed by atoms with Crippen LogP contribution in [0.25, 0.3) is 10.1 Å². The van der Waals surface area contributed by atoms with Crippen LogP contribution < -0.4 is 10.1 Å². The van der Waals surface area contributed by atoms with Gasteiger partial charge in [-0.05, 0) is 73.8 Å². The van der Waals surface area contributed by atoms with Crippen LogP contribution in [0.1, 0.15) is 19.8 Å². The Bertz CT molecular complexity index is 1130. The highest BCUT2D eigenvalue weighted by atomic mass is 32.2. The van der Waals surface area contributed by atoms with E-state index in [0.717, 1.165) is 15.8 Å². The number of anilines is 1. The number of hydrogen-bond donors (Lipinski definition) is 1. The van der Waals surface area contributed by atoms with Crippen molar-refractivity contribution in [2.75, 3.05) is 25.0 Å². The SMILES string of the molecule is CCOc1ccc(S(=O)(=O)N2CCC(C(=O)Nc3ccc4sncc4c3)CC2)cc1. The molecule has 0 atom stereocenters. The quantitative estimate of drug-likeness (QED) is 0.624. The zero-order valence-electron chi connectivity index (χ0n) is 16.6. The van der Waals surface area contributed by atoms with E-state index >= 15 is 0 Å². The summed E-state index contributed by atoms with van der Waals surface area (Å²) in [7, 11) is -3.58. The van der Waals surface area contributed by atoms with E-state index < -0.39 is 10.0 Å². The van der Waals surface area contributed by atoms with Gasteiger partial charge in [-0.3, -0.25) is 4.79 Å². The van der Waals surface area contributed by atoms with Gasteiger partial charge in [-0.1, -0.05) is 0 Å². The van der Waals surface area contributed by atoms with E-state index in [1.165, 1.54) is 15.8 Å². The lowest BCUT2D eigenvalue weighted by atomic mass is 9.97. The molecule has 0 radical (unpaired) electrons. The fraction of sp³-hybridized carbons (Fsp3) is 0.333. The third kappa shape index (κ3) is 4.33. The molecule has 3 aromatic rings. The number of rotatable bonds is 6. The number of hydrogen-bond acceptors (Lipinski definition) is 6. The number of carbonyl (C=O) groups is 1. The van der Waals surface area contributed by atoms with Crippen LogP contribution in [0.3, 0.4) is 0 Å². The molecule has 0 unspecified atom stereocenters. The minimum Gasteiger partial charge on any atom is -0.494 e. The van der Waals surface area contributed by atoms with Crippen LogP contribution in [0.4, 0.5) is 5.69 Å². The summed E-state index contributed by atoms with van der Waals surface area (Å²) in [5.41, 5.74) is 0.733. The van der Waals surface area contributed by atoms with Gasteiger partial charge in [0.05, 0.1) is 16.2 Å². The topological polar surface area (TPSA) is 88.6 Å². The van der Waals surface area contributed by atoms with Crippen molar-refractivity contribution < 1.29 is 17.9 Å². The molecule has 30 heavy (non-hydrogen) atoms. The molecular weight excluding hydrogens is 422 g/mol. The van der Waals surface area contributed by atoms with Gasteiger partial charge in [0, 0.05) is 36.3 Å². The molecule has 4 rings (SSSR count). The maximum absolute atomic E-state index is 12.9. The summed E-state index contributed by atoms with van der Waals surface area (Å²) < 4.78 is 37.8. The normalized spacial score (nSPS) is 15.9. The predicted octanol–water partition coefficient (Wildman–Crippen LogP) is 3.73. The van der Waals surface area contributed by atoms with E-state index in [1.807, 2.05) is 25.1 Å². The first-order valence-corrected chi connectivity index (χ1v) is 12.1. The van der Waals surface area contributed by atoms with Crippen molar-refractivity contribution in [3.8, 4) is 5.75 Å². The summed E-state index contributed by atoms with van der Waals surface area (Å²) in [6.07, 6.45) is 2.76. The van der Waals surface area contributed by atoms with E-state index in [9.17, 15) is 13.2 Å². The monoisotopic (exact) mass is 445 g/mol. The van der Waals surface area contributed by atoms with Crippen LogP contribution in [0, 0.1) is 5.92 Å². The van der Waals surface area contributed by atoms with Gasteiger partial charge in [0.1, 0.15) is 5.75 Å². The molecule has 1 aliphatic heterocycles. The first-order chi connectivity index (χ1) is 14.5. The summed E-state index contributed by atoms with van der Waals surface area (Å²) in [6, 6.07) is 12.2. The summed E-state index contributed by atoms with van der Waals surface area (Å²) in [4.78, 5) is 12.9. The second-order valence-corrected chi connectivity index (χ2v) is 9.92. The van der Waals surface area contributed by atoms with Crippen LogP contribution in [0.15, 0.2) is 53.6 Å². The zero-order valence-corrected chi connectivity index (χ0v) is 18.2. The minimum atomic E-state index is -3.58. The smallest absolute Gasteiger partial charge is 0.243 e. The van der Waals surface area contributed by atoms with E-state index in [2.05, 4.69) is 9.69 Å². The van der Waals surface area contributed by atoms with Crippen molar-refractivity contribution in [3.05, 3.63) is 48.7 Å². The highest BCUT2D eigenvalue weighted by molar-refractivity contribution is 7.89. The van der Waals surface area contributed by atoms with Gasteiger partial charge in [-0.25, -0.2) is 8.42 Å². The Balaban J connectivity index is 1.37. The molecule has 1 fully saturated rings. The number of nitrogens with one attached hydrogen (secondary N) is 1. The molecule has 1 saturated heterocycles. The number of ether oxygens (including phenoxy) is 1. The zero-order chi connectivity index (χ0) is 21.1. The molecule has 0 spiro atoms. The van der Waals surface area contributed by atoms with Gasteiger partial charge in [-0.15, -0.1) is 0 Å². The number of fused-ring (bicyclic) bond motifs is 1. The number of aromatic nitrogens is 1. The molecule has 158 valence electrons. The first kappa shape index (κ1) is 20.8. The Morgan fingerprint density at radius 3 is 2.63 bits per heavy atom. The molecule has 0 aliphatic carbocycles. The van der Waals surface area contributed by atoms with E-state index in [0.29, 0.717) is 38.3 Å². The highest BCUT2D eigenvalue weighted by Crippen LogP contribution is 2.27. The summed E-state index contributed by atoms with van der Waals surface area (Å²) >= 11 is 1.41. The van der Waals surface area contributed by atoms with Crippen LogP contribution in [-0.2, 0) is 14.8 Å². The van der Waals surface area contributed by atoms with Gasteiger partial charge in [0.2, 0.25) is 15.9 Å². The maximum atomic E-state index is 12.9. The van der Waals surface area contributed by atoms with Crippen molar-refractivity contribution in [3.63, 3.8) is 0 Å². The Morgan fingerprint density at radius 1 is 1.20 bits per heavy atom. The van der Waals surface area contributed by atoms with Crippen LogP contribution >= 0.6 is 11.5 Å². The van der Waals surface area contributed by atoms with Crippen LogP contribution in [-0.4, -0.2) is 42.7 Å². The Hall–Kier alpha value is -2.49. The van der Waals surface area contributed by atoms with Crippen molar-refractivity contribution in [2.45, 2.75) is 24.7 Å². The Kier molecular flexibility index (Phi) is 6.03. The molecule has 9 heteroatoms. The van der Waals surface area contributed by atoms with Gasteiger partial charge >= 0.3 is 0 Å². The molecule has 0 bridgehead atoms. The number of piperidine rings is 1. The number of amides is 1. The summed E-state index contributed by atoms with van der Waals surface area (Å²) in [6.45, 7) is 3.05. The molecule has 1 aromatic heterocycles. The van der Waals surface area contributed by atoms with Gasteiger partial charge in [0.25, 0.3) is 0 Å². The number of carbonyl (C=O) groups excluding carboxylic acids is 1. The summed E-state index contributed by atoms with van der Waals surface area (Å²) in [5, 5.41) is 3.95. The highest BCUT2D eigenvalue weighted by Gasteiger charge is 2.32. The van der Waals surface area contributed by atoms with Gasteiger partial charge in [0.15, 0.2) is 0 Å². The third-order valence-electron chi connectivity index (χ3n) is 5.22. The van der Waals surface area contributed by atoms with Crippen molar-refractivity contribution in [1.29, 1.82) is 0 Å². The second kappa shape index (κ2) is 8.71. The van der Waals surface area contributed by atoms with Crippen molar-refractivity contribution in [1.82, 2.24) is 8.68 Å². The molecule has 0 saturated carbocycles. The molecular formula is C21H23N3O4S2. The van der Waals surface area contributed by atoms with E-state index in [1.54, 1.807) is 30.5 Å². The fourth-order valence-electron chi connectivity index (χ4n) is 3.58. The van der Waals surface area contributed by atoms with E-state index in [4.69, 9.17) is 4.74 Å². The van der Waals surface area contributed by atoms with Crippen molar-refractivity contribution >= 4 is 43.2 Å². The Labute approximate surface area is 179 Å². The van der Waals surface area contributed by atoms with Crippen LogP contribution in [0.5, 0.6) is 5.75 Å². The van der Waals surface area contributed by atoms with Gasteiger partial charge < -0.3 is 10.1 Å². The predicted molar refractivity (Wildman–Crippen MR) is 117 cm³/mol. The molecule has 2 heterocycles. The first-order valence-electron chi connectivity index (χ1n) is 9.85. The average molecular weight is 446 g/mol. The maximum Gasteiger partial charge on any atom is 0.243 e. The number of benzene rings is 2. The van der Waals surface area contributed by atoms with Gasteiger partial charge in [-0.2, -0.15) is 8.68 Å². The molecule has 1 amide bonds. The lowest BCUT2D eigenvalue weighted by Gasteiger charge is -2.30. The molecule has 2 aromatic carbocycles.